The Bertz CT molecular complexity index is 707. The lowest BCUT2D eigenvalue weighted by atomic mass is 10.2. The van der Waals surface area contributed by atoms with E-state index in [1.54, 1.807) is 11.8 Å². The number of nitrogens with zero attached hydrogens (tertiary/aromatic N) is 4. The summed E-state index contributed by atoms with van der Waals surface area (Å²) in [6.07, 6.45) is 8.74. The number of hydrogen-bond acceptors (Lipinski definition) is 4. The van der Waals surface area contributed by atoms with E-state index in [0.29, 0.717) is 0 Å². The van der Waals surface area contributed by atoms with Crippen LogP contribution in [0.1, 0.15) is 16.7 Å². The number of aromatic nitrogens is 4. The highest BCUT2D eigenvalue weighted by Crippen LogP contribution is 2.14. The lowest BCUT2D eigenvalue weighted by molar-refractivity contribution is 0.686. The number of hydrogen-bond donors (Lipinski definition) is 0. The number of aryl methyl sites for hydroxylation is 2. The van der Waals surface area contributed by atoms with Crippen LogP contribution in [0.2, 0.25) is 0 Å². The number of rotatable bonds is 6. The minimum Gasteiger partial charge on any atom is -0.268 e. The summed E-state index contributed by atoms with van der Waals surface area (Å²) in [7, 11) is 0. The van der Waals surface area contributed by atoms with Gasteiger partial charge in [-0.15, -0.1) is 0 Å². The van der Waals surface area contributed by atoms with Crippen LogP contribution in [0.3, 0.4) is 0 Å². The predicted molar refractivity (Wildman–Crippen MR) is 89.0 cm³/mol. The first-order chi connectivity index (χ1) is 10.8. The molecule has 5 heteroatoms. The molecule has 22 heavy (non-hydrogen) atoms. The molecule has 0 N–H and O–H groups in total. The van der Waals surface area contributed by atoms with E-state index >= 15 is 0 Å². The van der Waals surface area contributed by atoms with E-state index < -0.39 is 0 Å². The van der Waals surface area contributed by atoms with Crippen LogP contribution >= 0.6 is 11.8 Å². The average Bonchev–Trinajstić information content (AvgIpc) is 2.98. The third-order valence-electron chi connectivity index (χ3n) is 3.25. The number of benzene rings is 1. The Hall–Kier alpha value is -2.14. The molecule has 0 aliphatic rings. The van der Waals surface area contributed by atoms with Crippen LogP contribution in [0.5, 0.6) is 0 Å². The zero-order chi connectivity index (χ0) is 15.2. The van der Waals surface area contributed by atoms with Crippen LogP contribution in [-0.2, 0) is 13.0 Å². The fourth-order valence-corrected chi connectivity index (χ4v) is 2.88. The topological polar surface area (TPSA) is 43.6 Å². The van der Waals surface area contributed by atoms with Crippen LogP contribution in [-0.4, -0.2) is 25.5 Å². The molecular formula is C17H18N4S. The molecule has 0 saturated carbocycles. The van der Waals surface area contributed by atoms with E-state index in [2.05, 4.69) is 45.5 Å². The van der Waals surface area contributed by atoms with Gasteiger partial charge < -0.3 is 0 Å². The van der Waals surface area contributed by atoms with Crippen molar-refractivity contribution < 1.29 is 0 Å². The van der Waals surface area contributed by atoms with Crippen molar-refractivity contribution in [1.29, 1.82) is 0 Å². The first-order valence-corrected chi connectivity index (χ1v) is 8.25. The maximum absolute atomic E-state index is 4.42. The molecule has 0 aliphatic carbocycles. The quantitative estimate of drug-likeness (QED) is 0.517. The zero-order valence-electron chi connectivity index (χ0n) is 12.5. The molecule has 2 heterocycles. The molecule has 0 fully saturated rings. The van der Waals surface area contributed by atoms with Gasteiger partial charge in [0.2, 0.25) is 0 Å². The van der Waals surface area contributed by atoms with Gasteiger partial charge in [-0.2, -0.15) is 5.10 Å². The van der Waals surface area contributed by atoms with E-state index in [1.165, 1.54) is 11.1 Å². The van der Waals surface area contributed by atoms with Crippen LogP contribution in [0.4, 0.5) is 0 Å². The Balaban J connectivity index is 1.50. The molecule has 0 bridgehead atoms. The highest BCUT2D eigenvalue weighted by molar-refractivity contribution is 7.99. The molecule has 0 saturated heterocycles. The van der Waals surface area contributed by atoms with Gasteiger partial charge in [-0.05, 0) is 30.0 Å². The second kappa shape index (κ2) is 7.22. The summed E-state index contributed by atoms with van der Waals surface area (Å²) in [6.45, 7) is 2.81. The number of thioether (sulfide) groups is 1. The SMILES string of the molecule is Cc1cnc(SCCc2cnn(Cc3ccccc3)c2)nc1. The molecule has 112 valence electrons. The van der Waals surface area contributed by atoms with Crippen molar-refractivity contribution in [2.24, 2.45) is 0 Å². The third-order valence-corrected chi connectivity index (χ3v) is 4.13. The van der Waals surface area contributed by atoms with Crippen molar-refractivity contribution in [3.8, 4) is 0 Å². The third kappa shape index (κ3) is 4.18. The molecule has 0 unspecified atom stereocenters. The first-order valence-electron chi connectivity index (χ1n) is 7.26. The van der Waals surface area contributed by atoms with Crippen molar-refractivity contribution in [3.05, 3.63) is 71.8 Å². The minimum absolute atomic E-state index is 0.815. The summed E-state index contributed by atoms with van der Waals surface area (Å²) >= 11 is 1.68. The van der Waals surface area contributed by atoms with Crippen molar-refractivity contribution in [2.45, 2.75) is 25.0 Å². The second-order valence-corrected chi connectivity index (χ2v) is 6.24. The summed E-state index contributed by atoms with van der Waals surface area (Å²) in [4.78, 5) is 8.60. The summed E-state index contributed by atoms with van der Waals surface area (Å²) in [5.74, 6) is 0.958. The van der Waals surface area contributed by atoms with Gasteiger partial charge in [-0.25, -0.2) is 9.97 Å². The Kier molecular flexibility index (Phi) is 4.85. The maximum Gasteiger partial charge on any atom is 0.187 e. The van der Waals surface area contributed by atoms with Crippen molar-refractivity contribution in [1.82, 2.24) is 19.7 Å². The highest BCUT2D eigenvalue weighted by atomic mass is 32.2. The van der Waals surface area contributed by atoms with E-state index in [9.17, 15) is 0 Å². The molecule has 1 aromatic carbocycles. The van der Waals surface area contributed by atoms with Crippen LogP contribution in [0, 0.1) is 6.92 Å². The van der Waals surface area contributed by atoms with Crippen molar-refractivity contribution in [2.75, 3.05) is 5.75 Å². The lowest BCUT2D eigenvalue weighted by Gasteiger charge is -2.01. The lowest BCUT2D eigenvalue weighted by Crippen LogP contribution is -1.99. The van der Waals surface area contributed by atoms with Gasteiger partial charge in [0.25, 0.3) is 0 Å². The second-order valence-electron chi connectivity index (χ2n) is 5.17. The van der Waals surface area contributed by atoms with Crippen LogP contribution in [0.25, 0.3) is 0 Å². The van der Waals surface area contributed by atoms with E-state index in [0.717, 1.165) is 29.4 Å². The van der Waals surface area contributed by atoms with Gasteiger partial charge in [0.15, 0.2) is 5.16 Å². The summed E-state index contributed by atoms with van der Waals surface area (Å²) < 4.78 is 1.98. The molecule has 3 aromatic rings. The van der Waals surface area contributed by atoms with Crippen LogP contribution < -0.4 is 0 Å². The Labute approximate surface area is 134 Å². The van der Waals surface area contributed by atoms with Gasteiger partial charge in [0, 0.05) is 24.3 Å². The zero-order valence-corrected chi connectivity index (χ0v) is 13.3. The molecular weight excluding hydrogens is 292 g/mol. The predicted octanol–water partition coefficient (Wildman–Crippen LogP) is 3.36. The fourth-order valence-electron chi connectivity index (χ4n) is 2.11. The molecule has 2 aromatic heterocycles. The van der Waals surface area contributed by atoms with E-state index in [4.69, 9.17) is 0 Å². The van der Waals surface area contributed by atoms with Crippen molar-refractivity contribution in [3.63, 3.8) is 0 Å². The first kappa shape index (κ1) is 14.8. The Morgan fingerprint density at radius 2 is 1.77 bits per heavy atom. The summed E-state index contributed by atoms with van der Waals surface area (Å²) in [6, 6.07) is 10.4. The standard InChI is InChI=1S/C17H18N4S/c1-14-9-18-17(19-10-14)22-8-7-16-11-20-21(13-16)12-15-5-3-2-4-6-15/h2-6,9-11,13H,7-8,12H2,1H3. The van der Waals surface area contributed by atoms with Gasteiger partial charge in [-0.1, -0.05) is 42.1 Å². The summed E-state index contributed by atoms with van der Waals surface area (Å²) in [5.41, 5.74) is 3.60. The maximum atomic E-state index is 4.42. The van der Waals surface area contributed by atoms with Gasteiger partial charge in [0.1, 0.15) is 0 Å². The van der Waals surface area contributed by atoms with Crippen LogP contribution in [0.15, 0.2) is 60.3 Å². The van der Waals surface area contributed by atoms with E-state index in [1.807, 2.05) is 36.3 Å². The molecule has 4 nitrogen and oxygen atoms in total. The smallest absolute Gasteiger partial charge is 0.187 e. The van der Waals surface area contributed by atoms with Crippen molar-refractivity contribution >= 4 is 11.8 Å². The molecule has 0 amide bonds. The van der Waals surface area contributed by atoms with Gasteiger partial charge >= 0.3 is 0 Å². The fraction of sp³-hybridized carbons (Fsp3) is 0.235. The molecule has 0 aliphatic heterocycles. The average molecular weight is 310 g/mol. The van der Waals surface area contributed by atoms with Gasteiger partial charge in [-0.3, -0.25) is 4.68 Å². The normalized spacial score (nSPS) is 10.8. The van der Waals surface area contributed by atoms with E-state index in [-0.39, 0.29) is 0 Å². The highest BCUT2D eigenvalue weighted by Gasteiger charge is 2.02. The molecule has 0 atom stereocenters. The molecule has 3 rings (SSSR count). The van der Waals surface area contributed by atoms with Gasteiger partial charge in [0.05, 0.1) is 12.7 Å². The largest absolute Gasteiger partial charge is 0.268 e. The molecule has 0 spiro atoms. The molecule has 0 radical (unpaired) electrons. The Morgan fingerprint density at radius 1 is 1.00 bits per heavy atom. The summed E-state index contributed by atoms with van der Waals surface area (Å²) in [5, 5.41) is 5.26. The Morgan fingerprint density at radius 3 is 2.55 bits per heavy atom. The minimum atomic E-state index is 0.815. The monoisotopic (exact) mass is 310 g/mol.